The van der Waals surface area contributed by atoms with Crippen LogP contribution in [0.15, 0.2) is 53.5 Å². The van der Waals surface area contributed by atoms with Crippen molar-refractivity contribution in [3.05, 3.63) is 59.7 Å². The van der Waals surface area contributed by atoms with E-state index in [1.807, 2.05) is 43.3 Å². The van der Waals surface area contributed by atoms with Gasteiger partial charge in [0.25, 0.3) is 0 Å². The third-order valence-corrected chi connectivity index (χ3v) is 3.57. The van der Waals surface area contributed by atoms with Crippen molar-refractivity contribution in [2.24, 2.45) is 4.99 Å². The number of hydrogen-bond donors (Lipinski definition) is 2. The molecule has 2 N–H and O–H groups in total. The van der Waals surface area contributed by atoms with Gasteiger partial charge in [-0.1, -0.05) is 24.3 Å². The molecule has 0 atom stereocenters. The highest BCUT2D eigenvalue weighted by molar-refractivity contribution is 14.0. The van der Waals surface area contributed by atoms with Gasteiger partial charge in [0.05, 0.1) is 20.3 Å². The molecular weight excluding hydrogens is 441 g/mol. The highest BCUT2D eigenvalue weighted by Crippen LogP contribution is 2.14. The Kier molecular flexibility index (Phi) is 10.5. The first kappa shape index (κ1) is 22.1. The Morgan fingerprint density at radius 1 is 0.962 bits per heavy atom. The molecule has 0 spiro atoms. The Bertz CT molecular complexity index is 692. The first-order chi connectivity index (χ1) is 12.2. The van der Waals surface area contributed by atoms with Crippen LogP contribution in [0.3, 0.4) is 0 Å². The molecular formula is C20H28IN3O2. The van der Waals surface area contributed by atoms with Crippen LogP contribution < -0.4 is 20.1 Å². The number of hydrogen-bond acceptors (Lipinski definition) is 3. The highest BCUT2D eigenvalue weighted by Gasteiger charge is 2.01. The standard InChI is InChI=1S/C20H27N3O2.HI/c1-4-21-20(22-14-16-8-6-10-18(12-16)24-3)23-15-17-9-7-11-19(13-17)25-5-2;/h6-13H,4-5,14-15H2,1-3H3,(H2,21,22,23);1H. The fraction of sp³-hybridized carbons (Fsp3) is 0.350. The predicted octanol–water partition coefficient (Wildman–Crippen LogP) is 3.97. The summed E-state index contributed by atoms with van der Waals surface area (Å²) in [5, 5.41) is 6.62. The largest absolute Gasteiger partial charge is 0.497 e. The second-order valence-corrected chi connectivity index (χ2v) is 5.48. The summed E-state index contributed by atoms with van der Waals surface area (Å²) in [5.41, 5.74) is 2.26. The molecule has 0 aliphatic carbocycles. The number of nitrogens with one attached hydrogen (secondary N) is 2. The van der Waals surface area contributed by atoms with Crippen molar-refractivity contribution in [2.75, 3.05) is 20.3 Å². The van der Waals surface area contributed by atoms with Gasteiger partial charge in [0.15, 0.2) is 5.96 Å². The molecule has 0 aliphatic heterocycles. The molecule has 0 aliphatic rings. The Hall–Kier alpha value is -1.96. The van der Waals surface area contributed by atoms with Crippen LogP contribution in [0.4, 0.5) is 0 Å². The van der Waals surface area contributed by atoms with Crippen LogP contribution in [0.1, 0.15) is 25.0 Å². The molecule has 0 fully saturated rings. The molecule has 6 heteroatoms. The fourth-order valence-electron chi connectivity index (χ4n) is 2.38. The number of halogens is 1. The van der Waals surface area contributed by atoms with E-state index in [-0.39, 0.29) is 24.0 Å². The molecule has 0 saturated heterocycles. The van der Waals surface area contributed by atoms with E-state index in [4.69, 9.17) is 9.47 Å². The van der Waals surface area contributed by atoms with Gasteiger partial charge in [0.2, 0.25) is 0 Å². The van der Waals surface area contributed by atoms with Crippen molar-refractivity contribution >= 4 is 29.9 Å². The number of nitrogens with zero attached hydrogens (tertiary/aromatic N) is 1. The molecule has 0 saturated carbocycles. The van der Waals surface area contributed by atoms with Gasteiger partial charge < -0.3 is 20.1 Å². The molecule has 142 valence electrons. The molecule has 0 unspecified atom stereocenters. The average Bonchev–Trinajstić information content (AvgIpc) is 2.65. The van der Waals surface area contributed by atoms with Crippen molar-refractivity contribution < 1.29 is 9.47 Å². The number of methoxy groups -OCH3 is 1. The van der Waals surface area contributed by atoms with E-state index < -0.39 is 0 Å². The molecule has 0 bridgehead atoms. The maximum atomic E-state index is 5.54. The van der Waals surface area contributed by atoms with Crippen molar-refractivity contribution in [2.45, 2.75) is 26.9 Å². The zero-order chi connectivity index (χ0) is 17.9. The lowest BCUT2D eigenvalue weighted by atomic mass is 10.2. The lowest BCUT2D eigenvalue weighted by Crippen LogP contribution is -2.36. The van der Waals surface area contributed by atoms with Gasteiger partial charge in [-0.25, -0.2) is 4.99 Å². The normalized spacial score (nSPS) is 10.7. The van der Waals surface area contributed by atoms with Gasteiger partial charge >= 0.3 is 0 Å². The van der Waals surface area contributed by atoms with Crippen molar-refractivity contribution in [3.63, 3.8) is 0 Å². The summed E-state index contributed by atoms with van der Waals surface area (Å²) >= 11 is 0. The van der Waals surface area contributed by atoms with E-state index in [1.54, 1.807) is 7.11 Å². The summed E-state index contributed by atoms with van der Waals surface area (Å²) in [4.78, 5) is 4.65. The summed E-state index contributed by atoms with van der Waals surface area (Å²) in [6, 6.07) is 16.0. The smallest absolute Gasteiger partial charge is 0.191 e. The van der Waals surface area contributed by atoms with E-state index >= 15 is 0 Å². The Morgan fingerprint density at radius 2 is 1.65 bits per heavy atom. The van der Waals surface area contributed by atoms with Gasteiger partial charge in [-0.2, -0.15) is 0 Å². The van der Waals surface area contributed by atoms with E-state index in [1.165, 1.54) is 0 Å². The van der Waals surface area contributed by atoms with Gasteiger partial charge in [0, 0.05) is 13.1 Å². The SMILES string of the molecule is CCNC(=NCc1cccc(OCC)c1)NCc1cccc(OC)c1.I. The molecule has 2 aromatic rings. The molecule has 5 nitrogen and oxygen atoms in total. The van der Waals surface area contributed by atoms with E-state index in [9.17, 15) is 0 Å². The summed E-state index contributed by atoms with van der Waals surface area (Å²) in [5.74, 6) is 2.52. The number of ether oxygens (including phenoxy) is 2. The Balaban J connectivity index is 0.00000338. The van der Waals surface area contributed by atoms with Crippen LogP contribution in [0, 0.1) is 0 Å². The number of aliphatic imine (C=N–C) groups is 1. The molecule has 0 amide bonds. The Labute approximate surface area is 173 Å². The minimum atomic E-state index is 0. The van der Waals surface area contributed by atoms with Crippen LogP contribution in [0.2, 0.25) is 0 Å². The summed E-state index contributed by atoms with van der Waals surface area (Å²) in [6.07, 6.45) is 0. The summed E-state index contributed by atoms with van der Waals surface area (Å²) in [7, 11) is 1.68. The zero-order valence-electron chi connectivity index (χ0n) is 15.6. The van der Waals surface area contributed by atoms with Crippen LogP contribution in [0.5, 0.6) is 11.5 Å². The average molecular weight is 469 g/mol. The molecule has 0 radical (unpaired) electrons. The maximum absolute atomic E-state index is 5.54. The molecule has 0 aromatic heterocycles. The third-order valence-electron chi connectivity index (χ3n) is 3.57. The summed E-state index contributed by atoms with van der Waals surface area (Å²) in [6.45, 7) is 6.78. The Morgan fingerprint density at radius 3 is 2.35 bits per heavy atom. The maximum Gasteiger partial charge on any atom is 0.191 e. The topological polar surface area (TPSA) is 54.9 Å². The van der Waals surface area contributed by atoms with E-state index in [0.29, 0.717) is 19.7 Å². The van der Waals surface area contributed by atoms with Crippen molar-refractivity contribution in [1.29, 1.82) is 0 Å². The number of benzene rings is 2. The fourth-order valence-corrected chi connectivity index (χ4v) is 2.38. The monoisotopic (exact) mass is 469 g/mol. The van der Waals surface area contributed by atoms with E-state index in [0.717, 1.165) is 35.1 Å². The predicted molar refractivity (Wildman–Crippen MR) is 118 cm³/mol. The molecule has 2 rings (SSSR count). The van der Waals surface area contributed by atoms with Crippen LogP contribution >= 0.6 is 24.0 Å². The third kappa shape index (κ3) is 7.51. The van der Waals surface area contributed by atoms with Crippen molar-refractivity contribution in [1.82, 2.24) is 10.6 Å². The van der Waals surface area contributed by atoms with Gasteiger partial charge in [0.1, 0.15) is 11.5 Å². The van der Waals surface area contributed by atoms with Gasteiger partial charge in [-0.05, 0) is 49.2 Å². The molecule has 26 heavy (non-hydrogen) atoms. The summed E-state index contributed by atoms with van der Waals surface area (Å²) < 4.78 is 10.8. The molecule has 0 heterocycles. The number of guanidine groups is 1. The quantitative estimate of drug-likeness (QED) is 0.349. The van der Waals surface area contributed by atoms with Crippen molar-refractivity contribution in [3.8, 4) is 11.5 Å². The lowest BCUT2D eigenvalue weighted by Gasteiger charge is -2.12. The lowest BCUT2D eigenvalue weighted by molar-refractivity contribution is 0.340. The van der Waals surface area contributed by atoms with Crippen LogP contribution in [-0.2, 0) is 13.1 Å². The van der Waals surface area contributed by atoms with Crippen LogP contribution in [0.25, 0.3) is 0 Å². The number of rotatable bonds is 8. The minimum Gasteiger partial charge on any atom is -0.497 e. The van der Waals surface area contributed by atoms with Gasteiger partial charge in [-0.3, -0.25) is 0 Å². The second kappa shape index (κ2) is 12.4. The first-order valence-electron chi connectivity index (χ1n) is 8.62. The van der Waals surface area contributed by atoms with Gasteiger partial charge in [-0.15, -0.1) is 24.0 Å². The first-order valence-corrected chi connectivity index (χ1v) is 8.62. The molecule has 2 aromatic carbocycles. The van der Waals surface area contributed by atoms with Crippen LogP contribution in [-0.4, -0.2) is 26.2 Å². The highest BCUT2D eigenvalue weighted by atomic mass is 127. The minimum absolute atomic E-state index is 0. The zero-order valence-corrected chi connectivity index (χ0v) is 17.9. The second-order valence-electron chi connectivity index (χ2n) is 5.48. The van der Waals surface area contributed by atoms with E-state index in [2.05, 4.69) is 34.7 Å².